The maximum Gasteiger partial charge on any atom is 0.101 e. The van der Waals surface area contributed by atoms with Gasteiger partial charge in [-0.2, -0.15) is 5.10 Å². The molecule has 96 valence electrons. The van der Waals surface area contributed by atoms with E-state index in [0.717, 1.165) is 31.6 Å². The molecule has 4 nitrogen and oxygen atoms in total. The first kappa shape index (κ1) is 11.7. The van der Waals surface area contributed by atoms with Crippen LogP contribution in [-0.2, 0) is 11.3 Å². The van der Waals surface area contributed by atoms with E-state index in [4.69, 9.17) is 4.74 Å². The van der Waals surface area contributed by atoms with Gasteiger partial charge in [0.25, 0.3) is 0 Å². The zero-order valence-corrected chi connectivity index (χ0v) is 11.0. The summed E-state index contributed by atoms with van der Waals surface area (Å²) in [4.78, 5) is 2.20. The molecule has 1 aromatic heterocycles. The average Bonchev–Trinajstić information content (AvgIpc) is 2.75. The molecule has 0 fully saturated rings. The zero-order chi connectivity index (χ0) is 12.5. The third-order valence-electron chi connectivity index (χ3n) is 3.45. The Balaban J connectivity index is 1.98. The highest BCUT2D eigenvalue weighted by atomic mass is 16.5. The van der Waals surface area contributed by atoms with Crippen LogP contribution in [0.3, 0.4) is 0 Å². The molecule has 2 aromatic rings. The van der Waals surface area contributed by atoms with Crippen molar-refractivity contribution in [2.75, 3.05) is 27.2 Å². The molecule has 1 aliphatic rings. The van der Waals surface area contributed by atoms with E-state index >= 15 is 0 Å². The minimum Gasteiger partial charge on any atom is -0.370 e. The number of rotatable bonds is 3. The molecule has 3 rings (SSSR count). The number of hydrogen-bond donors (Lipinski definition) is 0. The molecule has 1 aliphatic heterocycles. The van der Waals surface area contributed by atoms with E-state index in [0.29, 0.717) is 0 Å². The van der Waals surface area contributed by atoms with E-state index < -0.39 is 0 Å². The summed E-state index contributed by atoms with van der Waals surface area (Å²) < 4.78 is 8.05. The standard InChI is InChI=1S/C14H19N3O/c1-16(2)8-7-13-14-11-5-3-4-6-12(11)15-17(14)9-10-18-13/h3-6,13H,7-10H2,1-2H3/t13-/m0/s1. The molecule has 2 heterocycles. The summed E-state index contributed by atoms with van der Waals surface area (Å²) in [7, 11) is 4.19. The summed E-state index contributed by atoms with van der Waals surface area (Å²) in [5, 5.41) is 5.89. The number of fused-ring (bicyclic) bond motifs is 3. The molecule has 0 amide bonds. The molecule has 0 spiro atoms. The van der Waals surface area contributed by atoms with Crippen LogP contribution in [0.4, 0.5) is 0 Å². The van der Waals surface area contributed by atoms with Gasteiger partial charge in [0.05, 0.1) is 24.4 Å². The van der Waals surface area contributed by atoms with Crippen molar-refractivity contribution in [3.8, 4) is 0 Å². The lowest BCUT2D eigenvalue weighted by atomic mass is 10.1. The Morgan fingerprint density at radius 1 is 1.39 bits per heavy atom. The smallest absolute Gasteiger partial charge is 0.101 e. The topological polar surface area (TPSA) is 30.3 Å². The first-order chi connectivity index (χ1) is 8.75. The van der Waals surface area contributed by atoms with E-state index in [-0.39, 0.29) is 6.10 Å². The van der Waals surface area contributed by atoms with Crippen LogP contribution >= 0.6 is 0 Å². The third-order valence-corrected chi connectivity index (χ3v) is 3.45. The fraction of sp³-hybridized carbons (Fsp3) is 0.500. The van der Waals surface area contributed by atoms with Crippen molar-refractivity contribution in [1.29, 1.82) is 0 Å². The van der Waals surface area contributed by atoms with Gasteiger partial charge in [0, 0.05) is 11.9 Å². The van der Waals surface area contributed by atoms with Crippen LogP contribution in [0.5, 0.6) is 0 Å². The lowest BCUT2D eigenvalue weighted by molar-refractivity contribution is 0.00911. The normalized spacial score (nSPS) is 19.4. The Bertz CT molecular complexity index is 547. The summed E-state index contributed by atoms with van der Waals surface area (Å²) in [6, 6.07) is 8.33. The molecule has 18 heavy (non-hydrogen) atoms. The molecule has 0 unspecified atom stereocenters. The second-order valence-corrected chi connectivity index (χ2v) is 5.08. The van der Waals surface area contributed by atoms with Crippen molar-refractivity contribution in [3.05, 3.63) is 30.0 Å². The van der Waals surface area contributed by atoms with Crippen molar-refractivity contribution in [1.82, 2.24) is 14.7 Å². The molecule has 0 aliphatic carbocycles. The first-order valence-electron chi connectivity index (χ1n) is 6.47. The summed E-state index contributed by atoms with van der Waals surface area (Å²) in [5.74, 6) is 0. The van der Waals surface area contributed by atoms with Gasteiger partial charge in [-0.25, -0.2) is 0 Å². The van der Waals surface area contributed by atoms with Crippen LogP contribution in [0.25, 0.3) is 10.9 Å². The highest BCUT2D eigenvalue weighted by molar-refractivity contribution is 5.81. The fourth-order valence-corrected chi connectivity index (χ4v) is 2.57. The minimum absolute atomic E-state index is 0.175. The van der Waals surface area contributed by atoms with Gasteiger partial charge in [-0.15, -0.1) is 0 Å². The SMILES string of the molecule is CN(C)CC[C@@H]1OCCn2nc3ccccc3c21. The zero-order valence-electron chi connectivity index (χ0n) is 11.0. The number of nitrogens with zero attached hydrogens (tertiary/aromatic N) is 3. The highest BCUT2D eigenvalue weighted by Gasteiger charge is 2.24. The van der Waals surface area contributed by atoms with E-state index in [9.17, 15) is 0 Å². The van der Waals surface area contributed by atoms with Gasteiger partial charge in [-0.1, -0.05) is 18.2 Å². The summed E-state index contributed by atoms with van der Waals surface area (Å²) >= 11 is 0. The van der Waals surface area contributed by atoms with Crippen molar-refractivity contribution >= 4 is 10.9 Å². The average molecular weight is 245 g/mol. The van der Waals surface area contributed by atoms with Gasteiger partial charge in [-0.05, 0) is 26.6 Å². The third kappa shape index (κ3) is 2.02. The molecular weight excluding hydrogens is 226 g/mol. The van der Waals surface area contributed by atoms with Gasteiger partial charge in [0.15, 0.2) is 0 Å². The number of hydrogen-bond acceptors (Lipinski definition) is 3. The van der Waals surface area contributed by atoms with Crippen LogP contribution in [0.1, 0.15) is 18.2 Å². The summed E-state index contributed by atoms with van der Waals surface area (Å²) in [5.41, 5.74) is 2.33. The van der Waals surface area contributed by atoms with Gasteiger partial charge in [0.2, 0.25) is 0 Å². The van der Waals surface area contributed by atoms with E-state index in [1.165, 1.54) is 11.1 Å². The monoisotopic (exact) mass is 245 g/mol. The van der Waals surface area contributed by atoms with Crippen molar-refractivity contribution in [3.63, 3.8) is 0 Å². The molecule has 0 bridgehead atoms. The van der Waals surface area contributed by atoms with Crippen LogP contribution in [0, 0.1) is 0 Å². The predicted molar refractivity (Wildman–Crippen MR) is 71.6 cm³/mol. The number of benzene rings is 1. The Kier molecular flexibility index (Phi) is 3.06. The van der Waals surface area contributed by atoms with Crippen LogP contribution in [0.15, 0.2) is 24.3 Å². The van der Waals surface area contributed by atoms with Crippen LogP contribution in [-0.4, -0.2) is 41.9 Å². The molecule has 0 N–H and O–H groups in total. The molecule has 0 radical (unpaired) electrons. The Hall–Kier alpha value is -1.39. The molecule has 1 atom stereocenters. The lowest BCUT2D eigenvalue weighted by Gasteiger charge is -2.25. The van der Waals surface area contributed by atoms with Gasteiger partial charge in [0.1, 0.15) is 6.10 Å². The van der Waals surface area contributed by atoms with Crippen molar-refractivity contribution in [2.24, 2.45) is 0 Å². The largest absolute Gasteiger partial charge is 0.370 e. The van der Waals surface area contributed by atoms with Gasteiger partial charge < -0.3 is 9.64 Å². The second kappa shape index (κ2) is 4.71. The Morgan fingerprint density at radius 3 is 3.06 bits per heavy atom. The summed E-state index contributed by atoms with van der Waals surface area (Å²) in [6.45, 7) is 2.66. The number of ether oxygens (including phenoxy) is 1. The van der Waals surface area contributed by atoms with Crippen LogP contribution < -0.4 is 0 Å². The highest BCUT2D eigenvalue weighted by Crippen LogP contribution is 2.31. The van der Waals surface area contributed by atoms with Crippen molar-refractivity contribution in [2.45, 2.75) is 19.1 Å². The lowest BCUT2D eigenvalue weighted by Crippen LogP contribution is -2.25. The van der Waals surface area contributed by atoms with Crippen molar-refractivity contribution < 1.29 is 4.74 Å². The maximum absolute atomic E-state index is 5.93. The quantitative estimate of drug-likeness (QED) is 0.829. The summed E-state index contributed by atoms with van der Waals surface area (Å²) in [6.07, 6.45) is 1.19. The second-order valence-electron chi connectivity index (χ2n) is 5.08. The fourth-order valence-electron chi connectivity index (χ4n) is 2.57. The Morgan fingerprint density at radius 2 is 2.22 bits per heavy atom. The van der Waals surface area contributed by atoms with Crippen LogP contribution in [0.2, 0.25) is 0 Å². The predicted octanol–water partition coefficient (Wildman–Crippen LogP) is 2.06. The number of aromatic nitrogens is 2. The minimum atomic E-state index is 0.175. The molecular formula is C14H19N3O. The van der Waals surface area contributed by atoms with Gasteiger partial charge >= 0.3 is 0 Å². The maximum atomic E-state index is 5.93. The van der Waals surface area contributed by atoms with E-state index in [1.54, 1.807) is 0 Å². The van der Waals surface area contributed by atoms with E-state index in [1.807, 2.05) is 6.07 Å². The molecule has 0 saturated heterocycles. The molecule has 1 aromatic carbocycles. The van der Waals surface area contributed by atoms with E-state index in [2.05, 4.69) is 47.0 Å². The first-order valence-corrected chi connectivity index (χ1v) is 6.47. The molecule has 0 saturated carbocycles. The van der Waals surface area contributed by atoms with Gasteiger partial charge in [-0.3, -0.25) is 4.68 Å². The molecule has 4 heteroatoms. The Labute approximate surface area is 107 Å².